The summed E-state index contributed by atoms with van der Waals surface area (Å²) in [6.45, 7) is -1.11. The first-order chi connectivity index (χ1) is 12.2. The smallest absolute Gasteiger partial charge is 0.341 e. The monoisotopic (exact) mass is 417 g/mol. The summed E-state index contributed by atoms with van der Waals surface area (Å²) < 4.78 is 10.4. The van der Waals surface area contributed by atoms with Crippen LogP contribution in [0.5, 0.6) is 11.5 Å². The lowest BCUT2D eigenvalue weighted by Gasteiger charge is -2.12. The fourth-order valence-electron chi connectivity index (χ4n) is 2.02. The van der Waals surface area contributed by atoms with Gasteiger partial charge in [0.15, 0.2) is 18.1 Å². The largest absolute Gasteiger partial charge is 0.493 e. The Morgan fingerprint density at radius 1 is 1.35 bits per heavy atom. The minimum atomic E-state index is -1.17. The Kier molecular flexibility index (Phi) is 6.46. The Morgan fingerprint density at radius 3 is 2.62 bits per heavy atom. The molecule has 1 aromatic carbocycles. The van der Waals surface area contributed by atoms with Gasteiger partial charge in [0, 0.05) is 0 Å². The molecule has 8 nitrogen and oxygen atoms in total. The number of methoxy groups -OCH3 is 1. The molecule has 2 N–H and O–H groups in total. The van der Waals surface area contributed by atoms with Gasteiger partial charge in [-0.2, -0.15) is 0 Å². The SMILES string of the molecule is COc1cc(C=C2SC(=S)N(CC(=O)O)C2=O)cc(Cl)c1OCC(=O)O. The number of benzene rings is 1. The van der Waals surface area contributed by atoms with E-state index in [1.807, 2.05) is 0 Å². The lowest BCUT2D eigenvalue weighted by molar-refractivity contribution is -0.140. The number of hydrogen-bond acceptors (Lipinski definition) is 7. The van der Waals surface area contributed by atoms with Gasteiger partial charge >= 0.3 is 11.9 Å². The Bertz CT molecular complexity index is 824. The van der Waals surface area contributed by atoms with Gasteiger partial charge in [0.1, 0.15) is 10.9 Å². The molecule has 0 saturated carbocycles. The second-order valence-corrected chi connectivity index (χ2v) is 6.96. The fourth-order valence-corrected chi connectivity index (χ4v) is 3.55. The molecule has 0 unspecified atom stereocenters. The van der Waals surface area contributed by atoms with Crippen molar-refractivity contribution in [3.8, 4) is 11.5 Å². The maximum Gasteiger partial charge on any atom is 0.341 e. The Hall–Kier alpha value is -2.30. The minimum absolute atomic E-state index is 0.0622. The van der Waals surface area contributed by atoms with Crippen LogP contribution in [0, 0.1) is 0 Å². The van der Waals surface area contributed by atoms with Crippen molar-refractivity contribution in [2.75, 3.05) is 20.3 Å². The minimum Gasteiger partial charge on any atom is -0.493 e. The highest BCUT2D eigenvalue weighted by atomic mass is 35.5. The Balaban J connectivity index is 2.32. The molecule has 2 rings (SSSR count). The number of amides is 1. The first-order valence-corrected chi connectivity index (χ1v) is 8.52. The van der Waals surface area contributed by atoms with Gasteiger partial charge in [-0.15, -0.1) is 0 Å². The standard InChI is InChI=1S/C15H12ClNO7S2/c1-23-9-3-7(2-8(16)13(9)24-6-12(20)21)4-10-14(22)17(5-11(18)19)15(25)26-10/h2-4H,5-6H2,1H3,(H,18,19)(H,20,21). The molecule has 1 aliphatic rings. The first kappa shape index (κ1) is 20.0. The number of halogens is 1. The molecule has 0 atom stereocenters. The quantitative estimate of drug-likeness (QED) is 0.508. The number of thiocarbonyl (C=S) groups is 1. The second kappa shape index (κ2) is 8.39. The van der Waals surface area contributed by atoms with Crippen LogP contribution < -0.4 is 9.47 Å². The molecule has 1 saturated heterocycles. The molecule has 11 heteroatoms. The number of hydrogen-bond donors (Lipinski definition) is 2. The van der Waals surface area contributed by atoms with Crippen molar-refractivity contribution in [2.24, 2.45) is 0 Å². The van der Waals surface area contributed by atoms with Crippen molar-refractivity contribution in [1.29, 1.82) is 0 Å². The molecule has 1 amide bonds. The predicted molar refractivity (Wildman–Crippen MR) is 98.6 cm³/mol. The van der Waals surface area contributed by atoms with E-state index in [1.54, 1.807) is 0 Å². The van der Waals surface area contributed by atoms with Gasteiger partial charge in [0.25, 0.3) is 5.91 Å². The molecule has 1 fully saturated rings. The number of carboxylic acids is 2. The number of nitrogens with zero attached hydrogens (tertiary/aromatic N) is 1. The van der Waals surface area contributed by atoms with Crippen LogP contribution in [0.25, 0.3) is 6.08 Å². The van der Waals surface area contributed by atoms with Crippen LogP contribution in [0.15, 0.2) is 17.0 Å². The Labute approximate surface area is 162 Å². The molecule has 0 spiro atoms. The van der Waals surface area contributed by atoms with E-state index in [0.29, 0.717) is 5.56 Å². The zero-order valence-electron chi connectivity index (χ0n) is 13.2. The number of carboxylic acid groups (broad SMARTS) is 2. The number of carbonyl (C=O) groups excluding carboxylic acids is 1. The van der Waals surface area contributed by atoms with Crippen molar-refractivity contribution in [3.63, 3.8) is 0 Å². The summed E-state index contributed by atoms with van der Waals surface area (Å²) in [5.74, 6) is -2.62. The third-order valence-electron chi connectivity index (χ3n) is 3.06. The third-order valence-corrected chi connectivity index (χ3v) is 4.72. The molecule has 26 heavy (non-hydrogen) atoms. The highest BCUT2D eigenvalue weighted by molar-refractivity contribution is 8.26. The van der Waals surface area contributed by atoms with Crippen LogP contribution in [0.3, 0.4) is 0 Å². The zero-order valence-corrected chi connectivity index (χ0v) is 15.6. The molecular formula is C15H12ClNO7S2. The average molecular weight is 418 g/mol. The van der Waals surface area contributed by atoms with Gasteiger partial charge in [-0.1, -0.05) is 35.6 Å². The van der Waals surface area contributed by atoms with Crippen molar-refractivity contribution >= 4 is 63.8 Å². The van der Waals surface area contributed by atoms with Crippen molar-refractivity contribution in [1.82, 2.24) is 4.90 Å². The summed E-state index contributed by atoms with van der Waals surface area (Å²) in [6, 6.07) is 2.97. The topological polar surface area (TPSA) is 113 Å². The lowest BCUT2D eigenvalue weighted by atomic mass is 10.1. The number of aliphatic carboxylic acids is 2. The van der Waals surface area contributed by atoms with Crippen LogP contribution in [0.2, 0.25) is 5.02 Å². The maximum absolute atomic E-state index is 12.3. The van der Waals surface area contributed by atoms with Crippen molar-refractivity contribution in [2.45, 2.75) is 0 Å². The van der Waals surface area contributed by atoms with Crippen LogP contribution in [0.1, 0.15) is 5.56 Å². The molecule has 0 radical (unpaired) electrons. The van der Waals surface area contributed by atoms with Crippen molar-refractivity contribution in [3.05, 3.63) is 27.6 Å². The highest BCUT2D eigenvalue weighted by Crippen LogP contribution is 2.39. The van der Waals surface area contributed by atoms with Crippen molar-refractivity contribution < 1.29 is 34.1 Å². The number of ether oxygens (including phenoxy) is 2. The van der Waals surface area contributed by atoms with E-state index in [4.69, 9.17) is 43.5 Å². The molecule has 1 heterocycles. The molecular weight excluding hydrogens is 406 g/mol. The lowest BCUT2D eigenvalue weighted by Crippen LogP contribution is -2.33. The summed E-state index contributed by atoms with van der Waals surface area (Å²) in [5.41, 5.74) is 0.477. The van der Waals surface area contributed by atoms with Crippen LogP contribution in [-0.2, 0) is 14.4 Å². The van der Waals surface area contributed by atoms with Crippen LogP contribution in [-0.4, -0.2) is 57.5 Å². The van der Waals surface area contributed by atoms with E-state index in [0.717, 1.165) is 16.7 Å². The molecule has 0 aliphatic carbocycles. The van der Waals surface area contributed by atoms with E-state index in [2.05, 4.69) is 0 Å². The Morgan fingerprint density at radius 2 is 2.04 bits per heavy atom. The average Bonchev–Trinajstić information content (AvgIpc) is 2.80. The van der Waals surface area contributed by atoms with Crippen LogP contribution >= 0.6 is 35.6 Å². The van der Waals surface area contributed by atoms with Gasteiger partial charge in [-0.3, -0.25) is 14.5 Å². The zero-order chi connectivity index (χ0) is 19.4. The van der Waals surface area contributed by atoms with Gasteiger partial charge < -0.3 is 19.7 Å². The van der Waals surface area contributed by atoms with E-state index < -0.39 is 31.0 Å². The van der Waals surface area contributed by atoms with Gasteiger partial charge in [-0.25, -0.2) is 4.79 Å². The second-order valence-electron chi connectivity index (χ2n) is 4.88. The highest BCUT2D eigenvalue weighted by Gasteiger charge is 2.33. The summed E-state index contributed by atoms with van der Waals surface area (Å²) in [7, 11) is 1.36. The maximum atomic E-state index is 12.3. The van der Waals surface area contributed by atoms with E-state index in [9.17, 15) is 14.4 Å². The molecule has 1 aromatic rings. The van der Waals surface area contributed by atoms with Gasteiger partial charge in [-0.05, 0) is 23.8 Å². The summed E-state index contributed by atoms with van der Waals surface area (Å²) >= 11 is 12.1. The predicted octanol–water partition coefficient (Wildman–Crippen LogP) is 2.10. The van der Waals surface area contributed by atoms with Gasteiger partial charge in [0.05, 0.1) is 17.0 Å². The normalized spacial score (nSPS) is 15.5. The molecule has 0 bridgehead atoms. The molecule has 0 aromatic heterocycles. The first-order valence-electron chi connectivity index (χ1n) is 6.92. The van der Waals surface area contributed by atoms with Crippen LogP contribution in [0.4, 0.5) is 0 Å². The summed E-state index contributed by atoms with van der Waals surface area (Å²) in [5, 5.41) is 17.6. The van der Waals surface area contributed by atoms with E-state index in [-0.39, 0.29) is 25.7 Å². The number of carbonyl (C=O) groups is 3. The fraction of sp³-hybridized carbons (Fsp3) is 0.200. The third kappa shape index (κ3) is 4.65. The number of rotatable bonds is 7. The van der Waals surface area contributed by atoms with E-state index >= 15 is 0 Å². The molecule has 1 aliphatic heterocycles. The summed E-state index contributed by atoms with van der Waals surface area (Å²) in [4.78, 5) is 34.9. The molecule has 138 valence electrons. The number of thioether (sulfide) groups is 1. The van der Waals surface area contributed by atoms with Gasteiger partial charge in [0.2, 0.25) is 0 Å². The van der Waals surface area contributed by atoms with E-state index in [1.165, 1.54) is 25.3 Å². The summed E-state index contributed by atoms with van der Waals surface area (Å²) in [6.07, 6.45) is 1.48.